The summed E-state index contributed by atoms with van der Waals surface area (Å²) in [6.07, 6.45) is 5.40. The Morgan fingerprint density at radius 1 is 1.41 bits per heavy atom. The molecule has 0 spiro atoms. The molecule has 2 rings (SSSR count). The van der Waals surface area contributed by atoms with Gasteiger partial charge in [0.25, 0.3) is 5.69 Å². The molecule has 0 N–H and O–H groups in total. The van der Waals surface area contributed by atoms with Crippen molar-refractivity contribution in [2.45, 2.75) is 6.42 Å². The average Bonchev–Trinajstić information content (AvgIpc) is 2.48. The fourth-order valence-corrected chi connectivity index (χ4v) is 1.78. The molecular weight excluding hydrogens is 310 g/mol. The van der Waals surface area contributed by atoms with Crippen LogP contribution in [0.3, 0.4) is 0 Å². The van der Waals surface area contributed by atoms with Crippen molar-refractivity contribution in [1.82, 2.24) is 4.90 Å². The van der Waals surface area contributed by atoms with Gasteiger partial charge in [-0.1, -0.05) is 12.1 Å². The quantitative estimate of drug-likeness (QED) is 0.395. The van der Waals surface area contributed by atoms with Crippen LogP contribution in [0.4, 0.5) is 10.5 Å². The minimum absolute atomic E-state index is 0. The monoisotopic (exact) mass is 325 g/mol. The van der Waals surface area contributed by atoms with E-state index in [2.05, 4.69) is 0 Å². The standard InChI is InChI=1S/C14H16N3O4.ClH/c1-15-7-9-16(10-8-15)14(18)21-11-6-12-2-4-13(5-3-12)17(19)20;/h2-5,7-9H,6,10-11H2,1H3;1H/q+1;/p-1. The lowest BCUT2D eigenvalue weighted by atomic mass is 10.1. The van der Waals surface area contributed by atoms with Gasteiger partial charge in [0, 0.05) is 18.6 Å². The first-order chi connectivity index (χ1) is 10.1. The molecule has 1 aromatic rings. The van der Waals surface area contributed by atoms with Gasteiger partial charge in [0.2, 0.25) is 0 Å². The molecule has 7 nitrogen and oxygen atoms in total. The number of non-ortho nitro benzene ring substituents is 1. The zero-order valence-corrected chi connectivity index (χ0v) is 12.8. The van der Waals surface area contributed by atoms with Crippen LogP contribution in [0.25, 0.3) is 0 Å². The van der Waals surface area contributed by atoms with Gasteiger partial charge in [-0.25, -0.2) is 9.37 Å². The van der Waals surface area contributed by atoms with Gasteiger partial charge in [0.15, 0.2) is 12.4 Å². The van der Waals surface area contributed by atoms with Gasteiger partial charge in [0.1, 0.15) is 13.6 Å². The molecule has 118 valence electrons. The van der Waals surface area contributed by atoms with Crippen LogP contribution in [-0.4, -0.2) is 46.9 Å². The Morgan fingerprint density at radius 2 is 2.09 bits per heavy atom. The van der Waals surface area contributed by atoms with Crippen molar-refractivity contribution in [3.63, 3.8) is 0 Å². The Morgan fingerprint density at radius 3 is 2.64 bits per heavy atom. The number of halogens is 1. The number of amides is 1. The maximum absolute atomic E-state index is 11.8. The third kappa shape index (κ3) is 4.85. The lowest BCUT2D eigenvalue weighted by molar-refractivity contribution is -0.421. The third-order valence-electron chi connectivity index (χ3n) is 3.05. The second kappa shape index (κ2) is 8.14. The first-order valence-electron chi connectivity index (χ1n) is 6.46. The van der Waals surface area contributed by atoms with Gasteiger partial charge >= 0.3 is 6.09 Å². The number of nitro benzene ring substituents is 1. The maximum Gasteiger partial charge on any atom is 0.414 e. The van der Waals surface area contributed by atoms with Crippen LogP contribution in [-0.2, 0) is 11.2 Å². The highest BCUT2D eigenvalue weighted by Crippen LogP contribution is 2.12. The molecule has 1 heterocycles. The summed E-state index contributed by atoms with van der Waals surface area (Å²) >= 11 is 0. The molecule has 0 fully saturated rings. The molecule has 1 aliphatic heterocycles. The third-order valence-corrected chi connectivity index (χ3v) is 3.05. The van der Waals surface area contributed by atoms with Gasteiger partial charge in [-0.2, -0.15) is 0 Å². The first-order valence-corrected chi connectivity index (χ1v) is 6.46. The van der Waals surface area contributed by atoms with Crippen LogP contribution in [0, 0.1) is 10.1 Å². The molecule has 0 bridgehead atoms. The van der Waals surface area contributed by atoms with E-state index in [0.29, 0.717) is 13.0 Å². The van der Waals surface area contributed by atoms with Crippen LogP contribution in [0.15, 0.2) is 36.7 Å². The fraction of sp³-hybridized carbons (Fsp3) is 0.286. The second-order valence-electron chi connectivity index (χ2n) is 4.59. The van der Waals surface area contributed by atoms with Crippen molar-refractivity contribution in [3.8, 4) is 0 Å². The number of carbonyl (C=O) groups excluding carboxylic acids is 1. The number of hydrogen-bond acceptors (Lipinski definition) is 4. The summed E-state index contributed by atoms with van der Waals surface area (Å²) in [6.45, 7) is 0.709. The van der Waals surface area contributed by atoms with Crippen LogP contribution in [0.2, 0.25) is 0 Å². The van der Waals surface area contributed by atoms with E-state index >= 15 is 0 Å². The molecule has 0 radical (unpaired) electrons. The average molecular weight is 326 g/mol. The number of carbonyl (C=O) groups is 1. The summed E-state index contributed by atoms with van der Waals surface area (Å²) in [7, 11) is 1.88. The van der Waals surface area contributed by atoms with Crippen molar-refractivity contribution in [2.24, 2.45) is 0 Å². The van der Waals surface area contributed by atoms with Gasteiger partial charge in [-0.3, -0.25) is 15.0 Å². The predicted octanol–water partition coefficient (Wildman–Crippen LogP) is -1.22. The van der Waals surface area contributed by atoms with Crippen LogP contribution in [0.1, 0.15) is 5.56 Å². The molecule has 1 aliphatic rings. The molecule has 0 saturated carbocycles. The molecule has 1 aromatic carbocycles. The molecule has 0 atom stereocenters. The van der Waals surface area contributed by atoms with Gasteiger partial charge in [-0.15, -0.1) is 0 Å². The number of nitro groups is 1. The van der Waals surface area contributed by atoms with E-state index in [-0.39, 0.29) is 24.7 Å². The summed E-state index contributed by atoms with van der Waals surface area (Å²) in [5.41, 5.74) is 0.933. The number of rotatable bonds is 4. The molecule has 0 saturated heterocycles. The summed E-state index contributed by atoms with van der Waals surface area (Å²) in [6, 6.07) is 6.20. The SMILES string of the molecule is C[N+]1=CCN(C(=O)OCCc2ccc([N+](=O)[O-])cc2)C=C1.[Cl-]. The van der Waals surface area contributed by atoms with Crippen LogP contribution in [0.5, 0.6) is 0 Å². The van der Waals surface area contributed by atoms with Crippen LogP contribution < -0.4 is 12.4 Å². The summed E-state index contributed by atoms with van der Waals surface area (Å²) in [5, 5.41) is 10.5. The summed E-state index contributed by atoms with van der Waals surface area (Å²) in [5.74, 6) is 0. The summed E-state index contributed by atoms with van der Waals surface area (Å²) < 4.78 is 7.02. The summed E-state index contributed by atoms with van der Waals surface area (Å²) in [4.78, 5) is 23.3. The molecule has 1 amide bonds. The normalized spacial score (nSPS) is 13.1. The number of ether oxygens (including phenoxy) is 1. The first kappa shape index (κ1) is 17.6. The van der Waals surface area contributed by atoms with Gasteiger partial charge < -0.3 is 17.1 Å². The van der Waals surface area contributed by atoms with Crippen molar-refractivity contribution < 1.29 is 31.4 Å². The Hall–Kier alpha value is -2.41. The van der Waals surface area contributed by atoms with E-state index < -0.39 is 11.0 Å². The van der Waals surface area contributed by atoms with E-state index in [0.717, 1.165) is 5.56 Å². The van der Waals surface area contributed by atoms with Gasteiger partial charge in [0.05, 0.1) is 17.7 Å². The maximum atomic E-state index is 11.8. The van der Waals surface area contributed by atoms with Crippen molar-refractivity contribution in [3.05, 3.63) is 52.3 Å². The molecule has 8 heteroatoms. The van der Waals surface area contributed by atoms with Crippen LogP contribution >= 0.6 is 0 Å². The van der Waals surface area contributed by atoms with E-state index in [1.165, 1.54) is 17.0 Å². The molecular formula is C14H16ClN3O4. The Labute approximate surface area is 134 Å². The topological polar surface area (TPSA) is 75.7 Å². The minimum Gasteiger partial charge on any atom is -1.00 e. The lowest BCUT2D eigenvalue weighted by Gasteiger charge is -2.16. The molecule has 22 heavy (non-hydrogen) atoms. The fourth-order valence-electron chi connectivity index (χ4n) is 1.78. The van der Waals surface area contributed by atoms with Crippen molar-refractivity contribution in [1.29, 1.82) is 0 Å². The molecule has 0 aliphatic carbocycles. The highest BCUT2D eigenvalue weighted by Gasteiger charge is 2.16. The number of nitrogens with zero attached hydrogens (tertiary/aromatic N) is 3. The van der Waals surface area contributed by atoms with E-state index in [4.69, 9.17) is 4.74 Å². The molecule has 0 aromatic heterocycles. The van der Waals surface area contributed by atoms with Crippen molar-refractivity contribution in [2.75, 3.05) is 20.2 Å². The minimum atomic E-state index is -0.444. The Bertz CT molecular complexity index is 599. The van der Waals surface area contributed by atoms with Crippen molar-refractivity contribution >= 4 is 18.0 Å². The second-order valence-corrected chi connectivity index (χ2v) is 4.59. The number of hydrogen-bond donors (Lipinski definition) is 0. The van der Waals surface area contributed by atoms with E-state index in [1.54, 1.807) is 24.5 Å². The molecule has 0 unspecified atom stereocenters. The number of benzene rings is 1. The largest absolute Gasteiger partial charge is 1.00 e. The zero-order chi connectivity index (χ0) is 15.2. The lowest BCUT2D eigenvalue weighted by Crippen LogP contribution is -3.00. The van der Waals surface area contributed by atoms with E-state index in [1.807, 2.05) is 17.8 Å². The smallest absolute Gasteiger partial charge is 0.414 e. The Kier molecular flexibility index (Phi) is 6.52. The zero-order valence-electron chi connectivity index (χ0n) is 12.0. The highest BCUT2D eigenvalue weighted by molar-refractivity contribution is 5.73. The van der Waals surface area contributed by atoms with E-state index in [9.17, 15) is 14.9 Å². The Balaban J connectivity index is 0.00000242. The highest BCUT2D eigenvalue weighted by atomic mass is 35.5. The van der Waals surface area contributed by atoms with Gasteiger partial charge in [-0.05, 0) is 5.56 Å². The predicted molar refractivity (Wildman–Crippen MR) is 76.2 cm³/mol.